The van der Waals surface area contributed by atoms with E-state index in [-0.39, 0.29) is 5.69 Å². The molecule has 0 bridgehead atoms. The molecule has 6 heteroatoms. The number of non-ortho nitro benzene ring substituents is 1. The maximum absolute atomic E-state index is 10.6. The van der Waals surface area contributed by atoms with Crippen LogP contribution in [0, 0.1) is 22.0 Å². The van der Waals surface area contributed by atoms with E-state index in [1.807, 2.05) is 0 Å². The smallest absolute Gasteiger partial charge is 0.269 e. The lowest BCUT2D eigenvalue weighted by molar-refractivity contribution is -0.384. The van der Waals surface area contributed by atoms with Crippen LogP contribution in [0.3, 0.4) is 0 Å². The minimum absolute atomic E-state index is 0.0766. The lowest BCUT2D eigenvalue weighted by atomic mass is 10.1. The summed E-state index contributed by atoms with van der Waals surface area (Å²) in [5, 5.41) is 14.4. The summed E-state index contributed by atoms with van der Waals surface area (Å²) in [6.07, 6.45) is 0. The molecule has 1 aromatic rings. The Kier molecular flexibility index (Phi) is 6.55. The predicted octanol–water partition coefficient (Wildman–Crippen LogP) is 3.91. The van der Waals surface area contributed by atoms with Gasteiger partial charge in [-0.05, 0) is 36.2 Å². The molecule has 0 aliphatic rings. The molecule has 0 saturated heterocycles. The zero-order chi connectivity index (χ0) is 16.0. The van der Waals surface area contributed by atoms with E-state index in [1.165, 1.54) is 12.1 Å². The molecule has 0 spiro atoms. The highest BCUT2D eigenvalue weighted by molar-refractivity contribution is 7.80. The highest BCUT2D eigenvalue weighted by Gasteiger charge is 2.13. The number of nitrogens with one attached hydrogen (secondary N) is 1. The van der Waals surface area contributed by atoms with Crippen molar-refractivity contribution in [3.05, 3.63) is 34.4 Å². The molecule has 0 aliphatic heterocycles. The molecule has 0 aliphatic carbocycles. The van der Waals surface area contributed by atoms with Crippen LogP contribution >= 0.6 is 12.2 Å². The molecule has 5 nitrogen and oxygen atoms in total. The van der Waals surface area contributed by atoms with E-state index >= 15 is 0 Å². The molecule has 0 radical (unpaired) electrons. The highest BCUT2D eigenvalue weighted by Crippen LogP contribution is 2.16. The van der Waals surface area contributed by atoms with Gasteiger partial charge in [0, 0.05) is 30.9 Å². The van der Waals surface area contributed by atoms with Crippen LogP contribution in [-0.2, 0) is 0 Å². The molecule has 1 rings (SSSR count). The van der Waals surface area contributed by atoms with E-state index in [0.29, 0.717) is 16.9 Å². The van der Waals surface area contributed by atoms with Gasteiger partial charge in [-0.1, -0.05) is 27.7 Å². The number of nitro benzene ring substituents is 1. The average molecular weight is 309 g/mol. The number of anilines is 1. The van der Waals surface area contributed by atoms with E-state index < -0.39 is 4.92 Å². The lowest BCUT2D eigenvalue weighted by Crippen LogP contribution is -2.39. The molecule has 116 valence electrons. The van der Waals surface area contributed by atoms with Crippen molar-refractivity contribution in [2.75, 3.05) is 18.4 Å². The van der Waals surface area contributed by atoms with Crippen molar-refractivity contribution in [1.82, 2.24) is 4.90 Å². The van der Waals surface area contributed by atoms with Crippen LogP contribution in [-0.4, -0.2) is 28.0 Å². The Labute approximate surface area is 131 Å². The summed E-state index contributed by atoms with van der Waals surface area (Å²) in [6, 6.07) is 6.29. The van der Waals surface area contributed by atoms with Crippen molar-refractivity contribution < 1.29 is 4.92 Å². The average Bonchev–Trinajstić information content (AvgIpc) is 2.37. The number of hydrogen-bond acceptors (Lipinski definition) is 3. The van der Waals surface area contributed by atoms with E-state index in [9.17, 15) is 10.1 Å². The highest BCUT2D eigenvalue weighted by atomic mass is 32.1. The van der Waals surface area contributed by atoms with Crippen molar-refractivity contribution >= 4 is 28.7 Å². The minimum atomic E-state index is -0.411. The van der Waals surface area contributed by atoms with Gasteiger partial charge in [0.2, 0.25) is 0 Å². The molecule has 0 amide bonds. The third kappa shape index (κ3) is 6.08. The van der Waals surface area contributed by atoms with Gasteiger partial charge in [0.15, 0.2) is 5.11 Å². The third-order valence-corrected chi connectivity index (χ3v) is 3.15. The van der Waals surface area contributed by atoms with Gasteiger partial charge >= 0.3 is 0 Å². The summed E-state index contributed by atoms with van der Waals surface area (Å²) in [4.78, 5) is 12.4. The van der Waals surface area contributed by atoms with Crippen LogP contribution in [0.1, 0.15) is 27.7 Å². The molecule has 1 aromatic carbocycles. The minimum Gasteiger partial charge on any atom is -0.349 e. The molecule has 1 N–H and O–H groups in total. The number of thiocarbonyl (C=S) groups is 1. The maximum Gasteiger partial charge on any atom is 0.269 e. The Balaban J connectivity index is 2.73. The second-order valence-corrected chi connectivity index (χ2v) is 6.31. The standard InChI is InChI=1S/C15H23N3O2S/c1-11(2)9-17(10-12(3)4)15(21)16-13-5-7-14(8-6-13)18(19)20/h5-8,11-12H,9-10H2,1-4H3,(H,16,21). The molecule has 0 fully saturated rings. The molecule has 0 unspecified atom stereocenters. The lowest BCUT2D eigenvalue weighted by Gasteiger charge is -2.29. The van der Waals surface area contributed by atoms with Gasteiger partial charge in [0.1, 0.15) is 0 Å². The first kappa shape index (κ1) is 17.4. The monoisotopic (exact) mass is 309 g/mol. The third-order valence-electron chi connectivity index (χ3n) is 2.79. The van der Waals surface area contributed by atoms with Gasteiger partial charge < -0.3 is 10.2 Å². The zero-order valence-electron chi connectivity index (χ0n) is 13.0. The maximum atomic E-state index is 10.6. The van der Waals surface area contributed by atoms with Crippen molar-refractivity contribution in [2.24, 2.45) is 11.8 Å². The first-order valence-electron chi connectivity index (χ1n) is 7.10. The molecule has 21 heavy (non-hydrogen) atoms. The summed E-state index contributed by atoms with van der Waals surface area (Å²) in [5.41, 5.74) is 0.843. The van der Waals surface area contributed by atoms with Crippen LogP contribution in [0.4, 0.5) is 11.4 Å². The van der Waals surface area contributed by atoms with Crippen molar-refractivity contribution in [3.8, 4) is 0 Å². The SMILES string of the molecule is CC(C)CN(CC(C)C)C(=S)Nc1ccc([N+](=O)[O-])cc1. The number of hydrogen-bond donors (Lipinski definition) is 1. The number of benzene rings is 1. The quantitative estimate of drug-likeness (QED) is 0.490. The fourth-order valence-corrected chi connectivity index (χ4v) is 2.26. The van der Waals surface area contributed by atoms with Crippen LogP contribution in [0.5, 0.6) is 0 Å². The van der Waals surface area contributed by atoms with Gasteiger partial charge in [-0.2, -0.15) is 0 Å². The summed E-state index contributed by atoms with van der Waals surface area (Å²) >= 11 is 5.46. The van der Waals surface area contributed by atoms with Crippen LogP contribution in [0.15, 0.2) is 24.3 Å². The number of nitrogens with zero attached hydrogens (tertiary/aromatic N) is 2. The fourth-order valence-electron chi connectivity index (χ4n) is 1.99. The van der Waals surface area contributed by atoms with Crippen LogP contribution in [0.2, 0.25) is 0 Å². The first-order chi connectivity index (χ1) is 9.79. The molecule has 0 aromatic heterocycles. The van der Waals surface area contributed by atoms with Crippen molar-refractivity contribution in [3.63, 3.8) is 0 Å². The van der Waals surface area contributed by atoms with E-state index in [1.54, 1.807) is 12.1 Å². The summed E-state index contributed by atoms with van der Waals surface area (Å²) < 4.78 is 0. The second kappa shape index (κ2) is 7.93. The summed E-state index contributed by atoms with van der Waals surface area (Å²) in [7, 11) is 0. The van der Waals surface area contributed by atoms with E-state index in [4.69, 9.17) is 12.2 Å². The van der Waals surface area contributed by atoms with Crippen LogP contribution in [0.25, 0.3) is 0 Å². The summed E-state index contributed by atoms with van der Waals surface area (Å²) in [6.45, 7) is 10.4. The molecular formula is C15H23N3O2S. The number of nitro groups is 1. The van der Waals surface area contributed by atoms with E-state index in [2.05, 4.69) is 37.9 Å². The molecule has 0 heterocycles. The van der Waals surface area contributed by atoms with Gasteiger partial charge in [0.05, 0.1) is 4.92 Å². The molecule has 0 saturated carbocycles. The number of rotatable bonds is 6. The topological polar surface area (TPSA) is 58.4 Å². The van der Waals surface area contributed by atoms with Gasteiger partial charge in [0.25, 0.3) is 5.69 Å². The largest absolute Gasteiger partial charge is 0.349 e. The van der Waals surface area contributed by atoms with Gasteiger partial charge in [-0.15, -0.1) is 0 Å². The Morgan fingerprint density at radius 1 is 1.19 bits per heavy atom. The van der Waals surface area contributed by atoms with E-state index in [0.717, 1.165) is 18.8 Å². The Bertz CT molecular complexity index is 476. The van der Waals surface area contributed by atoms with Gasteiger partial charge in [-0.25, -0.2) is 0 Å². The molecule has 0 atom stereocenters. The second-order valence-electron chi connectivity index (χ2n) is 5.93. The normalized spacial score (nSPS) is 10.8. The summed E-state index contributed by atoms with van der Waals surface area (Å²) in [5.74, 6) is 1.03. The fraction of sp³-hybridized carbons (Fsp3) is 0.533. The van der Waals surface area contributed by atoms with Crippen LogP contribution < -0.4 is 5.32 Å². The van der Waals surface area contributed by atoms with Crippen molar-refractivity contribution in [1.29, 1.82) is 0 Å². The Morgan fingerprint density at radius 3 is 2.05 bits per heavy atom. The zero-order valence-corrected chi connectivity index (χ0v) is 13.8. The molecular weight excluding hydrogens is 286 g/mol. The predicted molar refractivity (Wildman–Crippen MR) is 90.6 cm³/mol. The van der Waals surface area contributed by atoms with Gasteiger partial charge in [-0.3, -0.25) is 10.1 Å². The Morgan fingerprint density at radius 2 is 1.67 bits per heavy atom. The first-order valence-corrected chi connectivity index (χ1v) is 7.50. The van der Waals surface area contributed by atoms with Crippen molar-refractivity contribution in [2.45, 2.75) is 27.7 Å². The Hall–Kier alpha value is -1.69.